The quantitative estimate of drug-likeness (QED) is 0.844. The van der Waals surface area contributed by atoms with E-state index in [0.717, 1.165) is 18.9 Å². The van der Waals surface area contributed by atoms with Gasteiger partial charge in [-0.3, -0.25) is 0 Å². The van der Waals surface area contributed by atoms with Gasteiger partial charge in [0.2, 0.25) is 0 Å². The Bertz CT molecular complexity index is 613. The minimum atomic E-state index is 0.234. The molecule has 2 nitrogen and oxygen atoms in total. The number of nitrogens with zero attached hydrogens (tertiary/aromatic N) is 1. The molecule has 1 unspecified atom stereocenters. The third-order valence-electron chi connectivity index (χ3n) is 4.19. The standard InChI is InChI=1S/C18H24N2S/c1-4-16-12(3)21-18(20-16)17(19-5-2)15-8-6-7-14(11-15)13-9-10-13/h6-8,11,13,17,19H,4-5,9-10H2,1-3H3. The zero-order valence-corrected chi connectivity index (χ0v) is 14.0. The lowest BCUT2D eigenvalue weighted by atomic mass is 10.0. The van der Waals surface area contributed by atoms with Gasteiger partial charge in [0.15, 0.2) is 0 Å². The maximum absolute atomic E-state index is 4.87. The van der Waals surface area contributed by atoms with Crippen LogP contribution in [-0.4, -0.2) is 11.5 Å². The van der Waals surface area contributed by atoms with Crippen LogP contribution in [0.4, 0.5) is 0 Å². The predicted octanol–water partition coefficient (Wildman–Crippen LogP) is 4.59. The number of rotatable bonds is 6. The van der Waals surface area contributed by atoms with Crippen LogP contribution in [0.3, 0.4) is 0 Å². The SMILES string of the molecule is CCNC(c1cccc(C2CC2)c1)c1nc(CC)c(C)s1. The fourth-order valence-corrected chi connectivity index (χ4v) is 3.98. The lowest BCUT2D eigenvalue weighted by Gasteiger charge is -2.17. The third kappa shape index (κ3) is 3.19. The van der Waals surface area contributed by atoms with Crippen LogP contribution in [0.1, 0.15) is 65.4 Å². The summed E-state index contributed by atoms with van der Waals surface area (Å²) in [5, 5.41) is 4.82. The zero-order chi connectivity index (χ0) is 14.8. The molecule has 1 heterocycles. The summed E-state index contributed by atoms with van der Waals surface area (Å²) in [6.07, 6.45) is 3.72. The normalized spacial score (nSPS) is 16.1. The first-order chi connectivity index (χ1) is 10.2. The molecule has 1 saturated carbocycles. The molecule has 2 aromatic rings. The fraction of sp³-hybridized carbons (Fsp3) is 0.500. The highest BCUT2D eigenvalue weighted by atomic mass is 32.1. The summed E-state index contributed by atoms with van der Waals surface area (Å²) in [6.45, 7) is 7.49. The second kappa shape index (κ2) is 6.29. The molecule has 3 heteroatoms. The molecule has 0 aliphatic heterocycles. The summed E-state index contributed by atoms with van der Waals surface area (Å²) in [4.78, 5) is 6.23. The van der Waals surface area contributed by atoms with Gasteiger partial charge >= 0.3 is 0 Å². The van der Waals surface area contributed by atoms with Gasteiger partial charge in [-0.15, -0.1) is 11.3 Å². The molecule has 1 aliphatic rings. The van der Waals surface area contributed by atoms with Crippen molar-refractivity contribution in [2.24, 2.45) is 0 Å². The first kappa shape index (κ1) is 14.7. The smallest absolute Gasteiger partial charge is 0.115 e. The van der Waals surface area contributed by atoms with Crippen LogP contribution in [0.15, 0.2) is 24.3 Å². The summed E-state index contributed by atoms with van der Waals surface area (Å²) < 4.78 is 0. The van der Waals surface area contributed by atoms with Gasteiger partial charge in [0.05, 0.1) is 11.7 Å². The highest BCUT2D eigenvalue weighted by Gasteiger charge is 2.25. The Morgan fingerprint density at radius 2 is 2.14 bits per heavy atom. The largest absolute Gasteiger partial charge is 0.305 e. The Labute approximate surface area is 131 Å². The van der Waals surface area contributed by atoms with Crippen molar-refractivity contribution in [1.29, 1.82) is 0 Å². The molecule has 0 bridgehead atoms. The topological polar surface area (TPSA) is 24.9 Å². The van der Waals surface area contributed by atoms with Crippen molar-refractivity contribution in [3.05, 3.63) is 51.0 Å². The highest BCUT2D eigenvalue weighted by molar-refractivity contribution is 7.11. The average molecular weight is 300 g/mol. The second-order valence-electron chi connectivity index (χ2n) is 5.84. The predicted molar refractivity (Wildman–Crippen MR) is 90.2 cm³/mol. The Kier molecular flexibility index (Phi) is 4.41. The van der Waals surface area contributed by atoms with E-state index in [1.807, 2.05) is 11.3 Å². The Morgan fingerprint density at radius 3 is 2.76 bits per heavy atom. The van der Waals surface area contributed by atoms with E-state index < -0.39 is 0 Å². The molecular weight excluding hydrogens is 276 g/mol. The summed E-state index contributed by atoms with van der Waals surface area (Å²) >= 11 is 1.84. The first-order valence-corrected chi connectivity index (χ1v) is 8.84. The van der Waals surface area contributed by atoms with Gasteiger partial charge in [0.25, 0.3) is 0 Å². The number of hydrogen-bond donors (Lipinski definition) is 1. The van der Waals surface area contributed by atoms with Gasteiger partial charge in [-0.05, 0) is 49.8 Å². The lowest BCUT2D eigenvalue weighted by Crippen LogP contribution is -2.22. The molecule has 1 atom stereocenters. The van der Waals surface area contributed by atoms with Gasteiger partial charge < -0.3 is 5.32 Å². The van der Waals surface area contributed by atoms with Crippen molar-refractivity contribution < 1.29 is 0 Å². The van der Waals surface area contributed by atoms with Crippen LogP contribution in [0.2, 0.25) is 0 Å². The Morgan fingerprint density at radius 1 is 1.33 bits per heavy atom. The van der Waals surface area contributed by atoms with Crippen LogP contribution in [0.25, 0.3) is 0 Å². The van der Waals surface area contributed by atoms with Gasteiger partial charge in [0.1, 0.15) is 5.01 Å². The van der Waals surface area contributed by atoms with Crippen molar-refractivity contribution >= 4 is 11.3 Å². The summed E-state index contributed by atoms with van der Waals surface area (Å²) in [5.74, 6) is 0.802. The van der Waals surface area contributed by atoms with Gasteiger partial charge in [0, 0.05) is 4.88 Å². The monoisotopic (exact) mass is 300 g/mol. The molecular formula is C18H24N2S. The third-order valence-corrected chi connectivity index (χ3v) is 5.27. The van der Waals surface area contributed by atoms with E-state index in [2.05, 4.69) is 50.4 Å². The van der Waals surface area contributed by atoms with Gasteiger partial charge in [-0.25, -0.2) is 4.98 Å². The number of hydrogen-bond acceptors (Lipinski definition) is 3. The van der Waals surface area contributed by atoms with E-state index in [1.165, 1.54) is 39.5 Å². The van der Waals surface area contributed by atoms with Crippen LogP contribution in [0.5, 0.6) is 0 Å². The summed E-state index contributed by atoms with van der Waals surface area (Å²) in [7, 11) is 0. The van der Waals surface area contributed by atoms with Crippen LogP contribution < -0.4 is 5.32 Å². The molecule has 0 spiro atoms. The van der Waals surface area contributed by atoms with Crippen molar-refractivity contribution in [2.45, 2.75) is 52.0 Å². The van der Waals surface area contributed by atoms with E-state index in [-0.39, 0.29) is 6.04 Å². The molecule has 0 radical (unpaired) electrons. The van der Waals surface area contributed by atoms with E-state index in [0.29, 0.717) is 0 Å². The van der Waals surface area contributed by atoms with Crippen LogP contribution in [-0.2, 0) is 6.42 Å². The zero-order valence-electron chi connectivity index (χ0n) is 13.1. The summed E-state index contributed by atoms with van der Waals surface area (Å²) in [6, 6.07) is 9.33. The molecule has 1 N–H and O–H groups in total. The van der Waals surface area contributed by atoms with E-state index >= 15 is 0 Å². The number of aryl methyl sites for hydroxylation is 2. The molecule has 1 aromatic heterocycles. The number of thiazole rings is 1. The number of benzene rings is 1. The molecule has 0 saturated heterocycles. The molecule has 112 valence electrons. The van der Waals surface area contributed by atoms with Gasteiger partial charge in [-0.1, -0.05) is 38.1 Å². The van der Waals surface area contributed by atoms with E-state index in [1.54, 1.807) is 0 Å². The van der Waals surface area contributed by atoms with Crippen molar-refractivity contribution in [3.63, 3.8) is 0 Å². The minimum absolute atomic E-state index is 0.234. The van der Waals surface area contributed by atoms with Crippen molar-refractivity contribution in [1.82, 2.24) is 10.3 Å². The van der Waals surface area contributed by atoms with Gasteiger partial charge in [-0.2, -0.15) is 0 Å². The van der Waals surface area contributed by atoms with E-state index in [9.17, 15) is 0 Å². The molecule has 21 heavy (non-hydrogen) atoms. The second-order valence-corrected chi connectivity index (χ2v) is 7.08. The first-order valence-electron chi connectivity index (χ1n) is 8.02. The number of aromatic nitrogens is 1. The maximum Gasteiger partial charge on any atom is 0.115 e. The van der Waals surface area contributed by atoms with Crippen molar-refractivity contribution in [2.75, 3.05) is 6.54 Å². The summed E-state index contributed by atoms with van der Waals surface area (Å²) in [5.41, 5.74) is 4.10. The highest BCUT2D eigenvalue weighted by Crippen LogP contribution is 2.41. The minimum Gasteiger partial charge on any atom is -0.305 e. The Balaban J connectivity index is 1.94. The van der Waals surface area contributed by atoms with Crippen LogP contribution >= 0.6 is 11.3 Å². The van der Waals surface area contributed by atoms with Crippen molar-refractivity contribution in [3.8, 4) is 0 Å². The molecule has 3 rings (SSSR count). The Hall–Kier alpha value is -1.19. The average Bonchev–Trinajstić information content (AvgIpc) is 3.28. The molecule has 1 aliphatic carbocycles. The lowest BCUT2D eigenvalue weighted by molar-refractivity contribution is 0.624. The van der Waals surface area contributed by atoms with E-state index in [4.69, 9.17) is 4.98 Å². The fourth-order valence-electron chi connectivity index (χ4n) is 2.86. The maximum atomic E-state index is 4.87. The molecule has 1 fully saturated rings. The molecule has 1 aromatic carbocycles. The number of nitrogens with one attached hydrogen (secondary N) is 1. The van der Waals surface area contributed by atoms with Crippen LogP contribution in [0, 0.1) is 6.92 Å². The molecule has 0 amide bonds.